The molecule has 0 bridgehead atoms. The highest BCUT2D eigenvalue weighted by molar-refractivity contribution is 7.18. The zero-order valence-electron chi connectivity index (χ0n) is 19.5. The van der Waals surface area contributed by atoms with Crippen molar-refractivity contribution in [3.05, 3.63) is 65.0 Å². The van der Waals surface area contributed by atoms with Crippen molar-refractivity contribution in [3.63, 3.8) is 0 Å². The van der Waals surface area contributed by atoms with Gasteiger partial charge in [-0.05, 0) is 73.9 Å². The van der Waals surface area contributed by atoms with Crippen LogP contribution in [-0.4, -0.2) is 44.2 Å². The maximum absolute atomic E-state index is 13.1. The summed E-state index contributed by atoms with van der Waals surface area (Å²) >= 11 is 1.24. The Morgan fingerprint density at radius 2 is 1.89 bits per heavy atom. The van der Waals surface area contributed by atoms with Crippen LogP contribution in [0.25, 0.3) is 10.4 Å². The van der Waals surface area contributed by atoms with Crippen LogP contribution in [0.2, 0.25) is 0 Å². The molecule has 1 saturated heterocycles. The first-order valence-corrected chi connectivity index (χ1v) is 12.1. The van der Waals surface area contributed by atoms with Gasteiger partial charge in [0.15, 0.2) is 0 Å². The summed E-state index contributed by atoms with van der Waals surface area (Å²) in [7, 11) is 1.59. The van der Waals surface area contributed by atoms with E-state index in [9.17, 15) is 14.4 Å². The molecule has 1 aliphatic rings. The fourth-order valence-electron chi connectivity index (χ4n) is 3.67. The Kier molecular flexibility index (Phi) is 7.79. The van der Waals surface area contributed by atoms with Crippen LogP contribution in [0.15, 0.2) is 54.6 Å². The van der Waals surface area contributed by atoms with Crippen molar-refractivity contribution < 1.29 is 28.6 Å². The monoisotopic (exact) mass is 494 g/mol. The summed E-state index contributed by atoms with van der Waals surface area (Å²) in [5.74, 6) is -0.435. The topological polar surface area (TPSA) is 103 Å². The van der Waals surface area contributed by atoms with Crippen molar-refractivity contribution in [1.29, 1.82) is 0 Å². The van der Waals surface area contributed by atoms with Gasteiger partial charge in [0, 0.05) is 22.7 Å². The van der Waals surface area contributed by atoms with Gasteiger partial charge in [0.05, 0.1) is 19.4 Å². The number of nitrogens with one attached hydrogen (secondary N) is 2. The highest BCUT2D eigenvalue weighted by Gasteiger charge is 2.24. The molecular weight excluding hydrogens is 468 g/mol. The molecule has 35 heavy (non-hydrogen) atoms. The number of anilines is 2. The first kappa shape index (κ1) is 24.4. The van der Waals surface area contributed by atoms with E-state index in [-0.39, 0.29) is 12.5 Å². The van der Waals surface area contributed by atoms with Crippen LogP contribution >= 0.6 is 11.3 Å². The van der Waals surface area contributed by atoms with E-state index in [1.54, 1.807) is 44.4 Å². The minimum Gasteiger partial charge on any atom is -0.497 e. The predicted octanol–water partition coefficient (Wildman–Crippen LogP) is 4.97. The van der Waals surface area contributed by atoms with E-state index in [1.807, 2.05) is 24.3 Å². The zero-order valence-corrected chi connectivity index (χ0v) is 20.3. The predicted molar refractivity (Wildman–Crippen MR) is 134 cm³/mol. The molecule has 2 aromatic carbocycles. The van der Waals surface area contributed by atoms with Crippen LogP contribution in [0.3, 0.4) is 0 Å². The molecule has 1 atom stereocenters. The number of carbonyl (C=O) groups excluding carboxylic acids is 3. The highest BCUT2D eigenvalue weighted by Crippen LogP contribution is 2.36. The van der Waals surface area contributed by atoms with Gasteiger partial charge < -0.3 is 24.8 Å². The molecule has 0 spiro atoms. The summed E-state index contributed by atoms with van der Waals surface area (Å²) in [6.07, 6.45) is 1.06. The maximum Gasteiger partial charge on any atom is 0.350 e. The van der Waals surface area contributed by atoms with Gasteiger partial charge in [-0.15, -0.1) is 11.3 Å². The van der Waals surface area contributed by atoms with E-state index in [1.165, 1.54) is 11.3 Å². The fraction of sp³-hybridized carbons (Fsp3) is 0.269. The van der Waals surface area contributed by atoms with Crippen LogP contribution in [-0.2, 0) is 14.3 Å². The van der Waals surface area contributed by atoms with Gasteiger partial charge in [-0.3, -0.25) is 9.59 Å². The van der Waals surface area contributed by atoms with E-state index in [0.717, 1.165) is 22.6 Å². The lowest BCUT2D eigenvalue weighted by Crippen LogP contribution is -2.27. The first-order valence-electron chi connectivity index (χ1n) is 11.3. The number of benzene rings is 2. The summed E-state index contributed by atoms with van der Waals surface area (Å²) in [5.41, 5.74) is 2.06. The largest absolute Gasteiger partial charge is 0.497 e. The second kappa shape index (κ2) is 11.2. The minimum atomic E-state index is -0.509. The molecule has 1 fully saturated rings. The summed E-state index contributed by atoms with van der Waals surface area (Å²) in [6, 6.07) is 15.8. The molecule has 2 N–H and O–H groups in total. The quantitative estimate of drug-likeness (QED) is 0.429. The number of carbonyl (C=O) groups is 3. The molecule has 0 radical (unpaired) electrons. The molecule has 3 aromatic rings. The van der Waals surface area contributed by atoms with Crippen LogP contribution in [0.5, 0.6) is 5.75 Å². The minimum absolute atomic E-state index is 0.217. The summed E-state index contributed by atoms with van der Waals surface area (Å²) in [4.78, 5) is 39.1. The zero-order chi connectivity index (χ0) is 24.8. The number of esters is 1. The van der Waals surface area contributed by atoms with Crippen LogP contribution < -0.4 is 15.4 Å². The van der Waals surface area contributed by atoms with Crippen molar-refractivity contribution in [1.82, 2.24) is 0 Å². The van der Waals surface area contributed by atoms with E-state index in [4.69, 9.17) is 14.2 Å². The van der Waals surface area contributed by atoms with Gasteiger partial charge in [-0.2, -0.15) is 0 Å². The molecule has 0 aliphatic carbocycles. The average molecular weight is 495 g/mol. The van der Waals surface area contributed by atoms with Crippen molar-refractivity contribution >= 4 is 40.5 Å². The van der Waals surface area contributed by atoms with Crippen LogP contribution in [0.1, 0.15) is 39.8 Å². The summed E-state index contributed by atoms with van der Waals surface area (Å²) in [6.45, 7) is 2.52. The molecule has 1 aromatic heterocycles. The second-order valence-electron chi connectivity index (χ2n) is 7.83. The lowest BCUT2D eigenvalue weighted by atomic mass is 10.1. The molecule has 1 aliphatic heterocycles. The Morgan fingerprint density at radius 1 is 1.09 bits per heavy atom. The molecule has 2 amide bonds. The number of thiophene rings is 1. The third-order valence-electron chi connectivity index (χ3n) is 5.43. The van der Waals surface area contributed by atoms with Gasteiger partial charge in [0.2, 0.25) is 0 Å². The number of methoxy groups -OCH3 is 1. The van der Waals surface area contributed by atoms with Gasteiger partial charge in [-0.1, -0.05) is 6.07 Å². The molecule has 4 rings (SSSR count). The van der Waals surface area contributed by atoms with Gasteiger partial charge in [0.1, 0.15) is 16.7 Å². The Labute approximate surface area is 207 Å². The SMILES string of the molecule is CCOC(=O)c1sc(-c2ccc(OC)cc2)cc1NC(=O)c1cccc(NC(=O)C2CCCO2)c1. The Hall–Kier alpha value is -3.69. The fourth-order valence-corrected chi connectivity index (χ4v) is 4.68. The molecule has 8 nitrogen and oxygen atoms in total. The van der Waals surface area contributed by atoms with E-state index in [0.29, 0.717) is 34.8 Å². The van der Waals surface area contributed by atoms with Crippen molar-refractivity contribution in [3.8, 4) is 16.2 Å². The standard InChI is InChI=1S/C26H26N2O6S/c1-3-33-26(31)23-20(15-22(35-23)16-9-11-19(32-2)12-10-16)28-24(29)17-6-4-7-18(14-17)27-25(30)21-8-5-13-34-21/h4,6-7,9-12,14-15,21H,3,5,8,13H2,1-2H3,(H,27,30)(H,28,29). The molecule has 1 unspecified atom stereocenters. The van der Waals surface area contributed by atoms with Crippen molar-refractivity contribution in [2.24, 2.45) is 0 Å². The van der Waals surface area contributed by atoms with Crippen molar-refractivity contribution in [2.75, 3.05) is 31.0 Å². The van der Waals surface area contributed by atoms with Crippen LogP contribution in [0, 0.1) is 0 Å². The van der Waals surface area contributed by atoms with Gasteiger partial charge in [0.25, 0.3) is 11.8 Å². The van der Waals surface area contributed by atoms with Gasteiger partial charge >= 0.3 is 5.97 Å². The summed E-state index contributed by atoms with van der Waals surface area (Å²) in [5, 5.41) is 5.62. The van der Waals surface area contributed by atoms with Crippen molar-refractivity contribution in [2.45, 2.75) is 25.9 Å². The number of hydrogen-bond acceptors (Lipinski definition) is 7. The van der Waals surface area contributed by atoms with E-state index >= 15 is 0 Å². The maximum atomic E-state index is 13.1. The van der Waals surface area contributed by atoms with E-state index in [2.05, 4.69) is 10.6 Å². The number of hydrogen-bond donors (Lipinski definition) is 2. The smallest absolute Gasteiger partial charge is 0.350 e. The average Bonchev–Trinajstić information content (AvgIpc) is 3.55. The number of ether oxygens (including phenoxy) is 3. The second-order valence-corrected chi connectivity index (χ2v) is 8.88. The normalized spacial score (nSPS) is 14.9. The first-order chi connectivity index (χ1) is 17.0. The third-order valence-corrected chi connectivity index (χ3v) is 6.59. The molecule has 9 heteroatoms. The lowest BCUT2D eigenvalue weighted by Gasteiger charge is -2.11. The Morgan fingerprint density at radius 3 is 2.57 bits per heavy atom. The molecule has 2 heterocycles. The number of rotatable bonds is 8. The lowest BCUT2D eigenvalue weighted by molar-refractivity contribution is -0.124. The van der Waals surface area contributed by atoms with Gasteiger partial charge in [-0.25, -0.2) is 4.79 Å². The molecular formula is C26H26N2O6S. The third kappa shape index (κ3) is 5.87. The number of amides is 2. The Bertz CT molecular complexity index is 1210. The van der Waals surface area contributed by atoms with Crippen LogP contribution in [0.4, 0.5) is 11.4 Å². The Balaban J connectivity index is 1.55. The molecule has 182 valence electrons. The highest BCUT2D eigenvalue weighted by atomic mass is 32.1. The van der Waals surface area contributed by atoms with E-state index < -0.39 is 18.0 Å². The molecule has 0 saturated carbocycles. The summed E-state index contributed by atoms with van der Waals surface area (Å²) < 4.78 is 15.8.